The van der Waals surface area contributed by atoms with Crippen molar-refractivity contribution >= 4 is 33.8 Å². The summed E-state index contributed by atoms with van der Waals surface area (Å²) in [5, 5.41) is 1.14. The molecule has 7 nitrogen and oxygen atoms in total. The van der Waals surface area contributed by atoms with Gasteiger partial charge in [-0.25, -0.2) is 9.80 Å². The molecule has 0 bridgehead atoms. The number of hydrogen-bond donors (Lipinski definition) is 2. The van der Waals surface area contributed by atoms with E-state index in [0.29, 0.717) is 25.2 Å². The highest BCUT2D eigenvalue weighted by atomic mass is 79.9. The number of benzene rings is 1. The van der Waals surface area contributed by atoms with Crippen LogP contribution in [0.5, 0.6) is 0 Å². The zero-order valence-electron chi connectivity index (χ0n) is 13.8. The number of nitrogens with one attached hydrogen (secondary N) is 1. The first-order valence-electron chi connectivity index (χ1n) is 8.36. The highest BCUT2D eigenvalue weighted by Gasteiger charge is 2.37. The lowest BCUT2D eigenvalue weighted by Crippen LogP contribution is -2.51. The largest absolute Gasteiger partial charge is 0.350 e. The second-order valence-corrected chi connectivity index (χ2v) is 7.53. The van der Waals surface area contributed by atoms with E-state index >= 15 is 0 Å². The highest BCUT2D eigenvalue weighted by Crippen LogP contribution is 2.32. The summed E-state index contributed by atoms with van der Waals surface area (Å²) < 4.78 is 0.863. The fourth-order valence-corrected chi connectivity index (χ4v) is 3.27. The monoisotopic (exact) mass is 408 g/mol. The number of halogens is 1. The molecule has 1 atom stereocenters. The van der Waals surface area contributed by atoms with Gasteiger partial charge in [-0.05, 0) is 49.4 Å². The SMILES string of the molecule is NC(=O)N(C[C@H]1CCN(C(=O)C2CC2)C1)NC(=O)c1ccc(Br)cc1. The van der Waals surface area contributed by atoms with Crippen molar-refractivity contribution in [2.75, 3.05) is 19.6 Å². The number of likely N-dealkylation sites (tertiary alicyclic amines) is 1. The Balaban J connectivity index is 1.56. The van der Waals surface area contributed by atoms with Gasteiger partial charge in [-0.15, -0.1) is 0 Å². The van der Waals surface area contributed by atoms with Crippen molar-refractivity contribution in [2.45, 2.75) is 19.3 Å². The van der Waals surface area contributed by atoms with Crippen LogP contribution >= 0.6 is 15.9 Å². The molecule has 25 heavy (non-hydrogen) atoms. The molecular formula is C17H21BrN4O3. The summed E-state index contributed by atoms with van der Waals surface area (Å²) in [5.74, 6) is 0.130. The number of hydrogen-bond acceptors (Lipinski definition) is 3. The standard InChI is InChI=1S/C17H21BrN4O3/c18-14-5-3-12(4-6-14)15(23)20-22(17(19)25)10-11-7-8-21(9-11)16(24)13-1-2-13/h3-6,11,13H,1-2,7-10H2,(H2,19,25)(H,20,23)/t11-/m0/s1. The van der Waals surface area contributed by atoms with Crippen LogP contribution in [-0.4, -0.2) is 47.4 Å². The molecule has 1 heterocycles. The number of carbonyl (C=O) groups is 3. The van der Waals surface area contributed by atoms with Crippen LogP contribution in [0.25, 0.3) is 0 Å². The lowest BCUT2D eigenvalue weighted by molar-refractivity contribution is -0.131. The van der Waals surface area contributed by atoms with E-state index in [1.807, 2.05) is 4.90 Å². The minimum Gasteiger partial charge on any atom is -0.350 e. The number of amides is 4. The van der Waals surface area contributed by atoms with Gasteiger partial charge in [-0.3, -0.25) is 15.0 Å². The Morgan fingerprint density at radius 1 is 1.20 bits per heavy atom. The van der Waals surface area contributed by atoms with Crippen LogP contribution in [0, 0.1) is 11.8 Å². The quantitative estimate of drug-likeness (QED) is 0.742. The van der Waals surface area contributed by atoms with Crippen molar-refractivity contribution in [3.8, 4) is 0 Å². The van der Waals surface area contributed by atoms with Gasteiger partial charge in [0.15, 0.2) is 0 Å². The van der Waals surface area contributed by atoms with Gasteiger partial charge < -0.3 is 10.6 Å². The minimum absolute atomic E-state index is 0.111. The molecule has 4 amide bonds. The third-order valence-corrected chi connectivity index (χ3v) is 5.10. The highest BCUT2D eigenvalue weighted by molar-refractivity contribution is 9.10. The van der Waals surface area contributed by atoms with E-state index in [4.69, 9.17) is 5.73 Å². The smallest absolute Gasteiger partial charge is 0.333 e. The van der Waals surface area contributed by atoms with Crippen LogP contribution in [0.1, 0.15) is 29.6 Å². The van der Waals surface area contributed by atoms with E-state index in [-0.39, 0.29) is 17.7 Å². The summed E-state index contributed by atoms with van der Waals surface area (Å²) in [6.45, 7) is 1.60. The summed E-state index contributed by atoms with van der Waals surface area (Å²) >= 11 is 3.31. The number of primary amides is 1. The maximum atomic E-state index is 12.3. The molecule has 0 spiro atoms. The third kappa shape index (κ3) is 4.50. The van der Waals surface area contributed by atoms with Gasteiger partial charge in [0.2, 0.25) is 5.91 Å². The number of nitrogens with two attached hydrogens (primary N) is 1. The average Bonchev–Trinajstić information content (AvgIpc) is 3.33. The normalized spacial score (nSPS) is 19.6. The van der Waals surface area contributed by atoms with E-state index in [2.05, 4.69) is 21.4 Å². The Bertz CT molecular complexity index is 675. The molecule has 1 saturated heterocycles. The van der Waals surface area contributed by atoms with Crippen molar-refractivity contribution in [3.05, 3.63) is 34.3 Å². The van der Waals surface area contributed by atoms with Crippen LogP contribution in [-0.2, 0) is 4.79 Å². The fraction of sp³-hybridized carbons (Fsp3) is 0.471. The van der Waals surface area contributed by atoms with Gasteiger partial charge in [0, 0.05) is 35.6 Å². The van der Waals surface area contributed by atoms with Gasteiger partial charge in [0.25, 0.3) is 5.91 Å². The second kappa shape index (κ2) is 7.43. The van der Waals surface area contributed by atoms with Crippen LogP contribution in [0.4, 0.5) is 4.79 Å². The van der Waals surface area contributed by atoms with Crippen molar-refractivity contribution in [1.29, 1.82) is 0 Å². The fourth-order valence-electron chi connectivity index (χ4n) is 3.01. The average molecular weight is 409 g/mol. The number of urea groups is 1. The maximum Gasteiger partial charge on any atom is 0.333 e. The molecule has 1 aromatic rings. The summed E-state index contributed by atoms with van der Waals surface area (Å²) in [4.78, 5) is 37.9. The lowest BCUT2D eigenvalue weighted by atomic mass is 10.1. The first-order valence-corrected chi connectivity index (χ1v) is 9.15. The van der Waals surface area contributed by atoms with Gasteiger partial charge in [0.05, 0.1) is 0 Å². The summed E-state index contributed by atoms with van der Waals surface area (Å²) in [6.07, 6.45) is 2.77. The van der Waals surface area contributed by atoms with Crippen molar-refractivity contribution in [2.24, 2.45) is 17.6 Å². The number of nitrogens with zero attached hydrogens (tertiary/aromatic N) is 2. The van der Waals surface area contributed by atoms with Gasteiger partial charge in [-0.2, -0.15) is 0 Å². The summed E-state index contributed by atoms with van der Waals surface area (Å²) in [7, 11) is 0. The molecule has 1 saturated carbocycles. The lowest BCUT2D eigenvalue weighted by Gasteiger charge is -2.24. The molecule has 3 rings (SSSR count). The Morgan fingerprint density at radius 2 is 1.88 bits per heavy atom. The third-order valence-electron chi connectivity index (χ3n) is 4.57. The summed E-state index contributed by atoms with van der Waals surface area (Å²) in [5.41, 5.74) is 8.40. The molecule has 8 heteroatoms. The van der Waals surface area contributed by atoms with E-state index < -0.39 is 11.9 Å². The van der Waals surface area contributed by atoms with Crippen molar-refractivity contribution in [3.63, 3.8) is 0 Å². The second-order valence-electron chi connectivity index (χ2n) is 6.61. The number of carbonyl (C=O) groups excluding carboxylic acids is 3. The molecule has 1 aliphatic heterocycles. The Labute approximate surface area is 154 Å². The zero-order valence-corrected chi connectivity index (χ0v) is 15.4. The summed E-state index contributed by atoms with van der Waals surface area (Å²) in [6, 6.07) is 6.11. The molecule has 2 fully saturated rings. The Kier molecular flexibility index (Phi) is 5.27. The first kappa shape index (κ1) is 17.7. The van der Waals surface area contributed by atoms with Crippen LogP contribution in [0.3, 0.4) is 0 Å². The first-order chi connectivity index (χ1) is 11.9. The van der Waals surface area contributed by atoms with Gasteiger partial charge in [-0.1, -0.05) is 15.9 Å². The van der Waals surface area contributed by atoms with Crippen LogP contribution in [0.15, 0.2) is 28.7 Å². The zero-order chi connectivity index (χ0) is 18.0. The van der Waals surface area contributed by atoms with Crippen LogP contribution in [0.2, 0.25) is 0 Å². The predicted molar refractivity (Wildman–Crippen MR) is 95.3 cm³/mol. The van der Waals surface area contributed by atoms with Gasteiger partial charge >= 0.3 is 6.03 Å². The molecule has 3 N–H and O–H groups in total. The Hall–Kier alpha value is -2.09. The molecule has 134 valence electrons. The molecule has 0 aromatic heterocycles. The van der Waals surface area contributed by atoms with Gasteiger partial charge in [0.1, 0.15) is 0 Å². The van der Waals surface area contributed by atoms with E-state index in [1.54, 1.807) is 24.3 Å². The van der Waals surface area contributed by atoms with E-state index in [9.17, 15) is 14.4 Å². The minimum atomic E-state index is -0.711. The topological polar surface area (TPSA) is 95.7 Å². The predicted octanol–water partition coefficient (Wildman–Crippen LogP) is 1.73. The van der Waals surface area contributed by atoms with Crippen LogP contribution < -0.4 is 11.2 Å². The van der Waals surface area contributed by atoms with E-state index in [0.717, 1.165) is 28.7 Å². The van der Waals surface area contributed by atoms with Crippen molar-refractivity contribution < 1.29 is 14.4 Å². The molecule has 1 aliphatic carbocycles. The number of rotatable bonds is 4. The molecule has 1 aromatic carbocycles. The van der Waals surface area contributed by atoms with E-state index in [1.165, 1.54) is 0 Å². The molecule has 0 unspecified atom stereocenters. The van der Waals surface area contributed by atoms with Crippen molar-refractivity contribution in [1.82, 2.24) is 15.3 Å². The maximum absolute atomic E-state index is 12.3. The molecular weight excluding hydrogens is 388 g/mol. The molecule has 0 radical (unpaired) electrons. The Morgan fingerprint density at radius 3 is 2.48 bits per heavy atom. The molecule has 2 aliphatic rings. The number of hydrazine groups is 1.